The molecule has 1 heterocycles. The van der Waals surface area contributed by atoms with E-state index in [2.05, 4.69) is 35.7 Å². The summed E-state index contributed by atoms with van der Waals surface area (Å²) in [6.45, 7) is 10.0. The highest BCUT2D eigenvalue weighted by Crippen LogP contribution is 2.19. The van der Waals surface area contributed by atoms with Gasteiger partial charge in [-0.05, 0) is 46.3 Å². The summed E-state index contributed by atoms with van der Waals surface area (Å²) >= 11 is 1.81. The zero-order valence-electron chi connectivity index (χ0n) is 13.9. The molecule has 2 N–H and O–H groups in total. The van der Waals surface area contributed by atoms with E-state index in [0.717, 1.165) is 45.0 Å². The number of carbonyl (C=O) groups excluding carboxylic acids is 1. The van der Waals surface area contributed by atoms with Gasteiger partial charge in [-0.1, -0.05) is 0 Å². The number of piperidine rings is 1. The fourth-order valence-corrected chi connectivity index (χ4v) is 2.32. The van der Waals surface area contributed by atoms with Crippen LogP contribution >= 0.6 is 11.8 Å². The van der Waals surface area contributed by atoms with E-state index in [1.54, 1.807) is 0 Å². The first-order valence-corrected chi connectivity index (χ1v) is 9.06. The normalized spacial score (nSPS) is 16.8. The number of nitrogens with zero attached hydrogens (tertiary/aromatic N) is 2. The van der Waals surface area contributed by atoms with Crippen LogP contribution in [0.25, 0.3) is 0 Å². The molecule has 1 amide bonds. The molecule has 1 rings (SSSR count). The van der Waals surface area contributed by atoms with Crippen LogP contribution in [0.1, 0.15) is 40.0 Å². The molecule has 0 spiro atoms. The Kier molecular flexibility index (Phi) is 7.93. The molecule has 0 aromatic carbocycles. The molecule has 0 atom stereocenters. The number of carbonyl (C=O) groups is 1. The Labute approximate surface area is 133 Å². The van der Waals surface area contributed by atoms with Crippen molar-refractivity contribution in [1.82, 2.24) is 15.5 Å². The fraction of sp³-hybridized carbons (Fsp3) is 0.867. The maximum absolute atomic E-state index is 12.1. The Bertz CT molecular complexity index is 352. The molecule has 0 bridgehead atoms. The third-order valence-corrected chi connectivity index (χ3v) is 4.91. The Balaban J connectivity index is 2.48. The van der Waals surface area contributed by atoms with Gasteiger partial charge in [-0.15, -0.1) is 0 Å². The quantitative estimate of drug-likeness (QED) is 0.579. The first-order chi connectivity index (χ1) is 9.98. The first-order valence-electron chi connectivity index (χ1n) is 7.83. The molecular weight excluding hydrogens is 284 g/mol. The average Bonchev–Trinajstić information content (AvgIpc) is 2.50. The summed E-state index contributed by atoms with van der Waals surface area (Å²) in [6, 6.07) is 0. The molecular formula is C15H30N4OS. The van der Waals surface area contributed by atoms with Crippen molar-refractivity contribution in [3.63, 3.8) is 0 Å². The number of nitrogens with one attached hydrogen (secondary N) is 2. The van der Waals surface area contributed by atoms with E-state index in [9.17, 15) is 4.79 Å². The lowest BCUT2D eigenvalue weighted by Gasteiger charge is -2.26. The van der Waals surface area contributed by atoms with Gasteiger partial charge in [0.05, 0.1) is 0 Å². The zero-order valence-corrected chi connectivity index (χ0v) is 14.7. The first kappa shape index (κ1) is 18.1. The predicted octanol–water partition coefficient (Wildman–Crippen LogP) is 1.70. The number of hydrogen-bond acceptors (Lipinski definition) is 3. The van der Waals surface area contributed by atoms with Crippen LogP contribution < -0.4 is 10.6 Å². The van der Waals surface area contributed by atoms with Gasteiger partial charge in [0.15, 0.2) is 5.96 Å². The Morgan fingerprint density at radius 1 is 1.24 bits per heavy atom. The van der Waals surface area contributed by atoms with Gasteiger partial charge < -0.3 is 15.5 Å². The van der Waals surface area contributed by atoms with Gasteiger partial charge in [-0.3, -0.25) is 4.79 Å². The van der Waals surface area contributed by atoms with E-state index in [1.165, 1.54) is 6.42 Å². The average molecular weight is 314 g/mol. The molecule has 0 unspecified atom stereocenters. The van der Waals surface area contributed by atoms with Gasteiger partial charge in [0.2, 0.25) is 5.91 Å². The standard InChI is InChI=1S/C15H30N4OS/c1-5-16-14(18-12-15(2,3)21-4)17-11-13(20)19-9-7-6-8-10-19/h5-12H2,1-4H3,(H2,16,17,18). The number of hydrogen-bond donors (Lipinski definition) is 2. The Morgan fingerprint density at radius 2 is 1.90 bits per heavy atom. The molecule has 1 aliphatic heterocycles. The minimum absolute atomic E-state index is 0.135. The van der Waals surface area contributed by atoms with Crippen molar-refractivity contribution in [3.8, 4) is 0 Å². The number of thioether (sulfide) groups is 1. The zero-order chi connectivity index (χ0) is 15.7. The summed E-state index contributed by atoms with van der Waals surface area (Å²) < 4.78 is 0.146. The number of amides is 1. The minimum Gasteiger partial charge on any atom is -0.357 e. The van der Waals surface area contributed by atoms with Crippen LogP contribution in [0.2, 0.25) is 0 Å². The summed E-state index contributed by atoms with van der Waals surface area (Å²) in [7, 11) is 0. The fourth-order valence-electron chi connectivity index (χ4n) is 2.10. The molecule has 21 heavy (non-hydrogen) atoms. The summed E-state index contributed by atoms with van der Waals surface area (Å²) in [5.74, 6) is 0.862. The van der Waals surface area contributed by atoms with Crippen LogP contribution in [-0.2, 0) is 4.79 Å². The second kappa shape index (κ2) is 9.18. The van der Waals surface area contributed by atoms with Gasteiger partial charge in [0.25, 0.3) is 0 Å². The highest BCUT2D eigenvalue weighted by atomic mass is 32.2. The molecule has 0 radical (unpaired) electrons. The van der Waals surface area contributed by atoms with E-state index >= 15 is 0 Å². The predicted molar refractivity (Wildman–Crippen MR) is 92.0 cm³/mol. The van der Waals surface area contributed by atoms with Crippen LogP contribution in [0.5, 0.6) is 0 Å². The van der Waals surface area contributed by atoms with Crippen LogP contribution in [0.4, 0.5) is 0 Å². The van der Waals surface area contributed by atoms with E-state index in [0.29, 0.717) is 0 Å². The second-order valence-electron chi connectivity index (χ2n) is 5.95. The van der Waals surface area contributed by atoms with E-state index in [4.69, 9.17) is 0 Å². The summed E-state index contributed by atoms with van der Waals surface area (Å²) in [5.41, 5.74) is 0. The van der Waals surface area contributed by atoms with Gasteiger partial charge in [0, 0.05) is 30.9 Å². The van der Waals surface area contributed by atoms with E-state index in [1.807, 2.05) is 23.6 Å². The van der Waals surface area contributed by atoms with Crippen LogP contribution in [-0.4, -0.2) is 60.5 Å². The second-order valence-corrected chi connectivity index (χ2v) is 7.47. The van der Waals surface area contributed by atoms with E-state index < -0.39 is 0 Å². The highest BCUT2D eigenvalue weighted by molar-refractivity contribution is 7.99. The summed E-state index contributed by atoms with van der Waals surface area (Å²) in [4.78, 5) is 18.5. The van der Waals surface area contributed by atoms with Gasteiger partial charge in [0.1, 0.15) is 6.54 Å². The Hall–Kier alpha value is -0.910. The van der Waals surface area contributed by atoms with E-state index in [-0.39, 0.29) is 17.2 Å². The van der Waals surface area contributed by atoms with Crippen LogP contribution in [0.3, 0.4) is 0 Å². The topological polar surface area (TPSA) is 56.7 Å². The van der Waals surface area contributed by atoms with Crippen LogP contribution in [0, 0.1) is 0 Å². The smallest absolute Gasteiger partial charge is 0.244 e. The monoisotopic (exact) mass is 314 g/mol. The summed E-state index contributed by atoms with van der Waals surface area (Å²) in [5, 5.41) is 6.51. The minimum atomic E-state index is 0.135. The lowest BCUT2D eigenvalue weighted by Crippen LogP contribution is -2.44. The molecule has 1 aliphatic rings. The van der Waals surface area contributed by atoms with Crippen molar-refractivity contribution in [1.29, 1.82) is 0 Å². The molecule has 5 nitrogen and oxygen atoms in total. The molecule has 6 heteroatoms. The SMILES string of the molecule is CCNC(=NCC(=O)N1CCCCC1)NCC(C)(C)SC. The molecule has 0 saturated carbocycles. The highest BCUT2D eigenvalue weighted by Gasteiger charge is 2.18. The number of rotatable bonds is 6. The Morgan fingerprint density at radius 3 is 2.48 bits per heavy atom. The van der Waals surface area contributed by atoms with Crippen molar-refractivity contribution in [2.45, 2.75) is 44.8 Å². The number of aliphatic imine (C=N–C) groups is 1. The maximum atomic E-state index is 12.1. The van der Waals surface area contributed by atoms with Crippen molar-refractivity contribution >= 4 is 23.6 Å². The number of likely N-dealkylation sites (tertiary alicyclic amines) is 1. The number of guanidine groups is 1. The van der Waals surface area contributed by atoms with Crippen LogP contribution in [0.15, 0.2) is 4.99 Å². The summed E-state index contributed by atoms with van der Waals surface area (Å²) in [6.07, 6.45) is 5.58. The van der Waals surface area contributed by atoms with Gasteiger partial charge in [-0.2, -0.15) is 11.8 Å². The largest absolute Gasteiger partial charge is 0.357 e. The third-order valence-electron chi connectivity index (χ3n) is 3.66. The van der Waals surface area contributed by atoms with Gasteiger partial charge in [-0.25, -0.2) is 4.99 Å². The van der Waals surface area contributed by atoms with Crippen molar-refractivity contribution in [2.24, 2.45) is 4.99 Å². The van der Waals surface area contributed by atoms with Crippen molar-refractivity contribution < 1.29 is 4.79 Å². The molecule has 0 aromatic heterocycles. The molecule has 1 saturated heterocycles. The molecule has 1 fully saturated rings. The van der Waals surface area contributed by atoms with Crippen molar-refractivity contribution in [3.05, 3.63) is 0 Å². The molecule has 122 valence electrons. The molecule has 0 aliphatic carbocycles. The lowest BCUT2D eigenvalue weighted by molar-refractivity contribution is -0.130. The van der Waals surface area contributed by atoms with Gasteiger partial charge >= 0.3 is 0 Å². The maximum Gasteiger partial charge on any atom is 0.244 e. The third kappa shape index (κ3) is 7.07. The van der Waals surface area contributed by atoms with Crippen molar-refractivity contribution in [2.75, 3.05) is 39.0 Å². The molecule has 0 aromatic rings. The lowest BCUT2D eigenvalue weighted by atomic mass is 10.1.